The van der Waals surface area contributed by atoms with Crippen molar-refractivity contribution in [2.75, 3.05) is 27.2 Å². The molecule has 1 aliphatic heterocycles. The summed E-state index contributed by atoms with van der Waals surface area (Å²) in [5.74, 6) is 0.0968. The Morgan fingerprint density at radius 2 is 1.93 bits per heavy atom. The first-order valence-electron chi connectivity index (χ1n) is 5.53. The van der Waals surface area contributed by atoms with Gasteiger partial charge < -0.3 is 15.0 Å². The van der Waals surface area contributed by atoms with Crippen LogP contribution in [0.25, 0.3) is 0 Å². The first-order chi connectivity index (χ1) is 7.01. The predicted molar refractivity (Wildman–Crippen MR) is 59.7 cm³/mol. The summed E-state index contributed by atoms with van der Waals surface area (Å²) in [6, 6.07) is 0.555. The van der Waals surface area contributed by atoms with Crippen LogP contribution in [0, 0.1) is 0 Å². The summed E-state index contributed by atoms with van der Waals surface area (Å²) in [5, 5.41) is 3.25. The number of hydrogen-bond acceptors (Lipinski definition) is 3. The second-order valence-electron chi connectivity index (χ2n) is 4.57. The molecule has 4 nitrogen and oxygen atoms in total. The van der Waals surface area contributed by atoms with Crippen molar-refractivity contribution in [1.82, 2.24) is 10.2 Å². The Balaban J connectivity index is 2.50. The number of carbonyl (C=O) groups excluding carboxylic acids is 1. The van der Waals surface area contributed by atoms with Crippen molar-refractivity contribution >= 4 is 5.91 Å². The highest BCUT2D eigenvalue weighted by molar-refractivity contribution is 5.84. The molecule has 1 saturated heterocycles. The number of carbonyl (C=O) groups is 1. The molecule has 1 aliphatic rings. The van der Waals surface area contributed by atoms with Crippen molar-refractivity contribution in [3.05, 3.63) is 0 Å². The fourth-order valence-corrected chi connectivity index (χ4v) is 1.84. The van der Waals surface area contributed by atoms with Gasteiger partial charge >= 0.3 is 0 Å². The largest absolute Gasteiger partial charge is 0.369 e. The number of piperidine rings is 1. The minimum atomic E-state index is -0.688. The summed E-state index contributed by atoms with van der Waals surface area (Å²) in [7, 11) is 3.56. The molecule has 0 saturated carbocycles. The van der Waals surface area contributed by atoms with Crippen LogP contribution < -0.4 is 5.32 Å². The Morgan fingerprint density at radius 3 is 2.33 bits per heavy atom. The average molecular weight is 214 g/mol. The third-order valence-electron chi connectivity index (χ3n) is 3.22. The van der Waals surface area contributed by atoms with Crippen LogP contribution in [0.2, 0.25) is 0 Å². The van der Waals surface area contributed by atoms with Gasteiger partial charge in [0.25, 0.3) is 5.91 Å². The van der Waals surface area contributed by atoms with Gasteiger partial charge in [0.05, 0.1) is 0 Å². The molecule has 4 heteroatoms. The molecule has 1 heterocycles. The smallest absolute Gasteiger partial charge is 0.254 e. The van der Waals surface area contributed by atoms with Gasteiger partial charge in [0.15, 0.2) is 0 Å². The van der Waals surface area contributed by atoms with E-state index >= 15 is 0 Å². The lowest BCUT2D eigenvalue weighted by Crippen LogP contribution is -2.51. The van der Waals surface area contributed by atoms with E-state index in [9.17, 15) is 4.79 Å². The quantitative estimate of drug-likeness (QED) is 0.749. The Hall–Kier alpha value is -0.610. The maximum absolute atomic E-state index is 12.0. The van der Waals surface area contributed by atoms with Crippen molar-refractivity contribution in [2.24, 2.45) is 0 Å². The third-order valence-corrected chi connectivity index (χ3v) is 3.22. The molecule has 0 aromatic rings. The number of nitrogens with one attached hydrogen (secondary N) is 1. The normalized spacial score (nSPS) is 19.3. The van der Waals surface area contributed by atoms with Gasteiger partial charge in [0.2, 0.25) is 0 Å². The molecular formula is C11H22N2O2. The Kier molecular flexibility index (Phi) is 4.11. The fraction of sp³-hybridized carbons (Fsp3) is 0.909. The van der Waals surface area contributed by atoms with Gasteiger partial charge in [0, 0.05) is 26.2 Å². The molecule has 88 valence electrons. The van der Waals surface area contributed by atoms with Gasteiger partial charge in [-0.15, -0.1) is 0 Å². The van der Waals surface area contributed by atoms with Crippen molar-refractivity contribution < 1.29 is 9.53 Å². The first kappa shape index (κ1) is 12.5. The van der Waals surface area contributed by atoms with E-state index in [0.717, 1.165) is 25.9 Å². The van der Waals surface area contributed by atoms with E-state index in [-0.39, 0.29) is 5.91 Å². The van der Waals surface area contributed by atoms with E-state index in [0.29, 0.717) is 6.04 Å². The van der Waals surface area contributed by atoms with E-state index < -0.39 is 5.60 Å². The molecule has 1 N–H and O–H groups in total. The van der Waals surface area contributed by atoms with E-state index in [2.05, 4.69) is 5.32 Å². The summed E-state index contributed by atoms with van der Waals surface area (Å²) >= 11 is 0. The molecule has 0 unspecified atom stereocenters. The molecular weight excluding hydrogens is 192 g/mol. The van der Waals surface area contributed by atoms with Crippen LogP contribution >= 0.6 is 0 Å². The van der Waals surface area contributed by atoms with Crippen molar-refractivity contribution in [2.45, 2.75) is 38.3 Å². The standard InChI is InChI=1S/C11H22N2O2/c1-11(2,15-4)10(14)13-7-5-9(12-3)6-8-13/h9,12H,5-8H2,1-4H3. The highest BCUT2D eigenvalue weighted by Gasteiger charge is 2.33. The van der Waals surface area contributed by atoms with Crippen LogP contribution in [0.1, 0.15) is 26.7 Å². The minimum absolute atomic E-state index is 0.0968. The minimum Gasteiger partial charge on any atom is -0.369 e. The van der Waals surface area contributed by atoms with Gasteiger partial charge in [-0.2, -0.15) is 0 Å². The molecule has 1 amide bonds. The Bertz CT molecular complexity index is 221. The SMILES string of the molecule is CNC1CCN(C(=O)C(C)(C)OC)CC1. The van der Waals surface area contributed by atoms with Crippen molar-refractivity contribution in [3.63, 3.8) is 0 Å². The van der Waals surface area contributed by atoms with E-state index in [1.54, 1.807) is 7.11 Å². The number of hydrogen-bond donors (Lipinski definition) is 1. The van der Waals surface area contributed by atoms with Gasteiger partial charge in [0.1, 0.15) is 5.60 Å². The molecule has 0 radical (unpaired) electrons. The summed E-state index contributed by atoms with van der Waals surface area (Å²) in [6.07, 6.45) is 2.06. The highest BCUT2D eigenvalue weighted by Crippen LogP contribution is 2.17. The molecule has 0 aromatic heterocycles. The van der Waals surface area contributed by atoms with Crippen LogP contribution in [-0.4, -0.2) is 49.7 Å². The van der Waals surface area contributed by atoms with Gasteiger partial charge in [-0.25, -0.2) is 0 Å². The summed E-state index contributed by atoms with van der Waals surface area (Å²) in [4.78, 5) is 13.9. The molecule has 1 rings (SSSR count). The van der Waals surface area contributed by atoms with E-state index in [1.807, 2.05) is 25.8 Å². The van der Waals surface area contributed by atoms with Crippen molar-refractivity contribution in [3.8, 4) is 0 Å². The molecule has 0 atom stereocenters. The van der Waals surface area contributed by atoms with Crippen LogP contribution in [-0.2, 0) is 9.53 Å². The maximum atomic E-state index is 12.0. The second kappa shape index (κ2) is 4.94. The van der Waals surface area contributed by atoms with Crippen LogP contribution in [0.3, 0.4) is 0 Å². The monoisotopic (exact) mass is 214 g/mol. The third kappa shape index (κ3) is 2.92. The molecule has 0 aliphatic carbocycles. The molecule has 0 bridgehead atoms. The summed E-state index contributed by atoms with van der Waals surface area (Å²) < 4.78 is 5.20. The molecule has 0 aromatic carbocycles. The topological polar surface area (TPSA) is 41.6 Å². The lowest BCUT2D eigenvalue weighted by Gasteiger charge is -2.36. The van der Waals surface area contributed by atoms with Gasteiger partial charge in [-0.3, -0.25) is 4.79 Å². The van der Waals surface area contributed by atoms with Crippen LogP contribution in [0.4, 0.5) is 0 Å². The maximum Gasteiger partial charge on any atom is 0.254 e. The molecule has 1 fully saturated rings. The average Bonchev–Trinajstić information content (AvgIpc) is 2.28. The fourth-order valence-electron chi connectivity index (χ4n) is 1.84. The van der Waals surface area contributed by atoms with Gasteiger partial charge in [-0.1, -0.05) is 0 Å². The second-order valence-corrected chi connectivity index (χ2v) is 4.57. The molecule has 15 heavy (non-hydrogen) atoms. The van der Waals surface area contributed by atoms with Crippen LogP contribution in [0.15, 0.2) is 0 Å². The van der Waals surface area contributed by atoms with E-state index in [1.165, 1.54) is 0 Å². The first-order valence-corrected chi connectivity index (χ1v) is 5.53. The Labute approximate surface area is 92.0 Å². The number of methoxy groups -OCH3 is 1. The summed E-state index contributed by atoms with van der Waals surface area (Å²) in [6.45, 7) is 5.30. The zero-order chi connectivity index (χ0) is 11.5. The summed E-state index contributed by atoms with van der Waals surface area (Å²) in [5.41, 5.74) is -0.688. The molecule has 0 spiro atoms. The number of nitrogens with zero attached hydrogens (tertiary/aromatic N) is 1. The van der Waals surface area contributed by atoms with E-state index in [4.69, 9.17) is 4.74 Å². The number of likely N-dealkylation sites (tertiary alicyclic amines) is 1. The number of ether oxygens (including phenoxy) is 1. The predicted octanol–water partition coefficient (Wildman–Crippen LogP) is 0.622. The van der Waals surface area contributed by atoms with Gasteiger partial charge in [-0.05, 0) is 33.7 Å². The van der Waals surface area contributed by atoms with Crippen molar-refractivity contribution in [1.29, 1.82) is 0 Å². The zero-order valence-corrected chi connectivity index (χ0v) is 10.2. The van der Waals surface area contributed by atoms with Crippen LogP contribution in [0.5, 0.6) is 0 Å². The zero-order valence-electron chi connectivity index (χ0n) is 10.2. The lowest BCUT2D eigenvalue weighted by atomic mass is 10.0. The number of amides is 1. The highest BCUT2D eigenvalue weighted by atomic mass is 16.5. The lowest BCUT2D eigenvalue weighted by molar-refractivity contribution is -0.152. The Morgan fingerprint density at radius 1 is 1.40 bits per heavy atom. The number of rotatable bonds is 3.